The molecule has 1 saturated heterocycles. The zero-order chi connectivity index (χ0) is 11.9. The van der Waals surface area contributed by atoms with Crippen molar-refractivity contribution in [1.82, 2.24) is 5.32 Å². The van der Waals surface area contributed by atoms with Crippen LogP contribution in [0.3, 0.4) is 0 Å². The molecule has 1 nitrogen and oxygen atoms in total. The summed E-state index contributed by atoms with van der Waals surface area (Å²) in [6.07, 6.45) is 3.80. The molecule has 0 spiro atoms. The van der Waals surface area contributed by atoms with Crippen molar-refractivity contribution >= 4 is 11.8 Å². The van der Waals surface area contributed by atoms with E-state index in [1.54, 1.807) is 0 Å². The van der Waals surface area contributed by atoms with Crippen LogP contribution in [0.4, 0.5) is 0 Å². The molecule has 2 rings (SSSR count). The molecule has 2 heteroatoms. The molecule has 1 aromatic carbocycles. The highest BCUT2D eigenvalue weighted by Crippen LogP contribution is 2.27. The van der Waals surface area contributed by atoms with E-state index >= 15 is 0 Å². The van der Waals surface area contributed by atoms with Gasteiger partial charge in [-0.3, -0.25) is 0 Å². The van der Waals surface area contributed by atoms with Crippen LogP contribution in [0.2, 0.25) is 0 Å². The van der Waals surface area contributed by atoms with Crippen molar-refractivity contribution in [2.45, 2.75) is 32.2 Å². The van der Waals surface area contributed by atoms with Crippen molar-refractivity contribution in [3.8, 4) is 0 Å². The highest BCUT2D eigenvalue weighted by molar-refractivity contribution is 7.99. The van der Waals surface area contributed by atoms with Crippen molar-refractivity contribution in [3.63, 3.8) is 0 Å². The van der Waals surface area contributed by atoms with Gasteiger partial charge in [-0.1, -0.05) is 37.3 Å². The van der Waals surface area contributed by atoms with Gasteiger partial charge < -0.3 is 5.32 Å². The van der Waals surface area contributed by atoms with Crippen LogP contribution in [0.1, 0.15) is 25.3 Å². The van der Waals surface area contributed by atoms with Gasteiger partial charge in [0.2, 0.25) is 0 Å². The molecule has 0 bridgehead atoms. The van der Waals surface area contributed by atoms with Crippen LogP contribution >= 0.6 is 11.8 Å². The molecule has 0 saturated carbocycles. The predicted octanol–water partition coefficient (Wildman–Crippen LogP) is 3.35. The monoisotopic (exact) mass is 249 g/mol. The van der Waals surface area contributed by atoms with E-state index < -0.39 is 0 Å². The Hall–Kier alpha value is -0.470. The fourth-order valence-corrected chi connectivity index (χ4v) is 3.81. The van der Waals surface area contributed by atoms with Gasteiger partial charge in [0.05, 0.1) is 0 Å². The Morgan fingerprint density at radius 3 is 2.82 bits per heavy atom. The second-order valence-electron chi connectivity index (χ2n) is 4.87. The summed E-state index contributed by atoms with van der Waals surface area (Å²) in [5, 5.41) is 3.75. The van der Waals surface area contributed by atoms with E-state index in [4.69, 9.17) is 0 Å². The second-order valence-corrected chi connectivity index (χ2v) is 6.02. The Morgan fingerprint density at radius 2 is 2.18 bits per heavy atom. The lowest BCUT2D eigenvalue weighted by molar-refractivity contribution is 0.380. The van der Waals surface area contributed by atoms with Gasteiger partial charge in [0, 0.05) is 6.04 Å². The second kappa shape index (κ2) is 7.07. The molecule has 94 valence electrons. The van der Waals surface area contributed by atoms with Crippen molar-refractivity contribution in [2.75, 3.05) is 18.1 Å². The smallest absolute Gasteiger partial charge is 0.0144 e. The summed E-state index contributed by atoms with van der Waals surface area (Å²) in [6, 6.07) is 11.6. The number of nitrogens with one attached hydrogen (secondary N) is 1. The topological polar surface area (TPSA) is 12.0 Å². The lowest BCUT2D eigenvalue weighted by Gasteiger charge is -2.24. The molecule has 0 radical (unpaired) electrons. The van der Waals surface area contributed by atoms with Crippen LogP contribution in [0.25, 0.3) is 0 Å². The predicted molar refractivity (Wildman–Crippen MR) is 77.7 cm³/mol. The van der Waals surface area contributed by atoms with Crippen molar-refractivity contribution in [2.24, 2.45) is 5.92 Å². The van der Waals surface area contributed by atoms with Crippen LogP contribution in [0.5, 0.6) is 0 Å². The van der Waals surface area contributed by atoms with E-state index in [0.29, 0.717) is 6.04 Å². The summed E-state index contributed by atoms with van der Waals surface area (Å²) >= 11 is 2.11. The van der Waals surface area contributed by atoms with E-state index in [-0.39, 0.29) is 0 Å². The van der Waals surface area contributed by atoms with Crippen molar-refractivity contribution < 1.29 is 0 Å². The molecule has 1 heterocycles. The minimum absolute atomic E-state index is 0.673. The first kappa shape index (κ1) is 13.0. The van der Waals surface area contributed by atoms with Crippen LogP contribution in [0, 0.1) is 5.92 Å². The number of benzene rings is 1. The third-order valence-electron chi connectivity index (χ3n) is 3.49. The highest BCUT2D eigenvalue weighted by atomic mass is 32.2. The van der Waals surface area contributed by atoms with Gasteiger partial charge in [-0.25, -0.2) is 0 Å². The zero-order valence-electron chi connectivity index (χ0n) is 10.7. The largest absolute Gasteiger partial charge is 0.313 e. The minimum Gasteiger partial charge on any atom is -0.313 e. The molecule has 1 N–H and O–H groups in total. The Labute approximate surface area is 109 Å². The Balaban J connectivity index is 1.94. The quantitative estimate of drug-likeness (QED) is 0.830. The Morgan fingerprint density at radius 1 is 1.35 bits per heavy atom. The highest BCUT2D eigenvalue weighted by Gasteiger charge is 2.24. The van der Waals surface area contributed by atoms with Gasteiger partial charge in [0.15, 0.2) is 0 Å². The molecule has 0 aromatic heterocycles. The van der Waals surface area contributed by atoms with Crippen molar-refractivity contribution in [3.05, 3.63) is 35.9 Å². The summed E-state index contributed by atoms with van der Waals surface area (Å²) in [5.74, 6) is 3.56. The Bertz CT molecular complexity index is 306. The zero-order valence-corrected chi connectivity index (χ0v) is 11.5. The van der Waals surface area contributed by atoms with E-state index in [1.807, 2.05) is 0 Å². The lowest BCUT2D eigenvalue weighted by Crippen LogP contribution is -2.38. The van der Waals surface area contributed by atoms with Crippen LogP contribution in [-0.2, 0) is 6.42 Å². The number of hydrogen-bond acceptors (Lipinski definition) is 2. The summed E-state index contributed by atoms with van der Waals surface area (Å²) in [7, 11) is 0. The normalized spacial score (nSPS) is 21.6. The maximum atomic E-state index is 3.75. The average molecular weight is 249 g/mol. The number of rotatable bonds is 6. The summed E-state index contributed by atoms with van der Waals surface area (Å²) in [5.41, 5.74) is 1.47. The fraction of sp³-hybridized carbons (Fsp3) is 0.600. The number of hydrogen-bond donors (Lipinski definition) is 1. The first-order valence-electron chi connectivity index (χ1n) is 6.75. The third-order valence-corrected chi connectivity index (χ3v) is 4.68. The first-order valence-corrected chi connectivity index (χ1v) is 7.90. The Kier molecular flexibility index (Phi) is 5.40. The van der Waals surface area contributed by atoms with E-state index in [0.717, 1.165) is 12.5 Å². The minimum atomic E-state index is 0.673. The summed E-state index contributed by atoms with van der Waals surface area (Å²) in [4.78, 5) is 0. The first-order chi connectivity index (χ1) is 8.40. The van der Waals surface area contributed by atoms with Gasteiger partial charge in [-0.15, -0.1) is 0 Å². The molecule has 17 heavy (non-hydrogen) atoms. The molecule has 0 amide bonds. The van der Waals surface area contributed by atoms with Gasteiger partial charge in [0.1, 0.15) is 0 Å². The molecule has 2 atom stereocenters. The summed E-state index contributed by atoms with van der Waals surface area (Å²) < 4.78 is 0. The molecular formula is C15H23NS. The van der Waals surface area contributed by atoms with Crippen LogP contribution in [-0.4, -0.2) is 24.1 Å². The SMILES string of the molecule is CCCNC(Cc1ccccc1)C1CCSC1. The lowest BCUT2D eigenvalue weighted by atomic mass is 9.93. The maximum Gasteiger partial charge on any atom is 0.0144 e. The van der Waals surface area contributed by atoms with Crippen LogP contribution in [0.15, 0.2) is 30.3 Å². The molecule has 0 aliphatic carbocycles. The molecular weight excluding hydrogens is 226 g/mol. The molecule has 1 fully saturated rings. The van der Waals surface area contributed by atoms with E-state index in [1.165, 1.54) is 36.3 Å². The molecule has 1 aromatic rings. The molecule has 1 aliphatic heterocycles. The molecule has 2 unspecified atom stereocenters. The van der Waals surface area contributed by atoms with Gasteiger partial charge in [-0.05, 0) is 48.8 Å². The molecule has 1 aliphatic rings. The van der Waals surface area contributed by atoms with E-state index in [9.17, 15) is 0 Å². The maximum absolute atomic E-state index is 3.75. The standard InChI is InChI=1S/C15H23NS/c1-2-9-16-15(14-8-10-17-12-14)11-13-6-4-3-5-7-13/h3-7,14-16H,2,8-12H2,1H3. The van der Waals surface area contributed by atoms with E-state index in [2.05, 4.69) is 54.3 Å². The van der Waals surface area contributed by atoms with Gasteiger partial charge >= 0.3 is 0 Å². The van der Waals surface area contributed by atoms with Gasteiger partial charge in [0.25, 0.3) is 0 Å². The van der Waals surface area contributed by atoms with Gasteiger partial charge in [-0.2, -0.15) is 11.8 Å². The van der Waals surface area contributed by atoms with Crippen molar-refractivity contribution in [1.29, 1.82) is 0 Å². The fourth-order valence-electron chi connectivity index (χ4n) is 2.47. The average Bonchev–Trinajstić information content (AvgIpc) is 2.89. The number of thioether (sulfide) groups is 1. The summed E-state index contributed by atoms with van der Waals surface area (Å²) in [6.45, 7) is 3.40. The van der Waals surface area contributed by atoms with Crippen LogP contribution < -0.4 is 5.32 Å². The third kappa shape index (κ3) is 4.04.